The van der Waals surface area contributed by atoms with Gasteiger partial charge in [-0.1, -0.05) is 43.4 Å². The molecule has 0 fully saturated rings. The van der Waals surface area contributed by atoms with Crippen LogP contribution >= 0.6 is 11.8 Å². The van der Waals surface area contributed by atoms with Gasteiger partial charge < -0.3 is 0 Å². The van der Waals surface area contributed by atoms with Crippen molar-refractivity contribution in [1.29, 1.82) is 0 Å². The van der Waals surface area contributed by atoms with E-state index in [1.54, 1.807) is 13.0 Å². The third-order valence-electron chi connectivity index (χ3n) is 5.48. The lowest BCUT2D eigenvalue weighted by Gasteiger charge is -2.06. The highest BCUT2D eigenvalue weighted by Gasteiger charge is 2.24. The number of halogens is 6. The average Bonchev–Trinajstić information content (AvgIpc) is 2.84. The molecule has 0 N–H and O–H groups in total. The van der Waals surface area contributed by atoms with Crippen LogP contribution in [0, 0.1) is 65.5 Å². The lowest BCUT2D eigenvalue weighted by molar-refractivity contribution is 0.423. The molecule has 0 spiro atoms. The van der Waals surface area contributed by atoms with Gasteiger partial charge in [0.25, 0.3) is 0 Å². The van der Waals surface area contributed by atoms with Crippen molar-refractivity contribution in [2.45, 2.75) is 44.4 Å². The summed E-state index contributed by atoms with van der Waals surface area (Å²) in [4.78, 5) is -0.756. The molecule has 0 amide bonds. The molecular formula is C29H22F6S. The molecule has 0 nitrogen and oxygen atoms in total. The van der Waals surface area contributed by atoms with Gasteiger partial charge in [-0.25, -0.2) is 26.3 Å². The number of benzene rings is 3. The van der Waals surface area contributed by atoms with Crippen molar-refractivity contribution in [2.75, 3.05) is 6.26 Å². The fourth-order valence-electron chi connectivity index (χ4n) is 3.52. The van der Waals surface area contributed by atoms with Crippen LogP contribution in [0.5, 0.6) is 0 Å². The van der Waals surface area contributed by atoms with Gasteiger partial charge >= 0.3 is 0 Å². The molecule has 3 aromatic rings. The van der Waals surface area contributed by atoms with Crippen LogP contribution in [0.25, 0.3) is 0 Å². The van der Waals surface area contributed by atoms with E-state index in [1.165, 1.54) is 30.5 Å². The Bertz CT molecular complexity index is 1370. The minimum absolute atomic E-state index is 0.334. The van der Waals surface area contributed by atoms with Gasteiger partial charge in [0.2, 0.25) is 0 Å². The first-order valence-electron chi connectivity index (χ1n) is 11.2. The number of hydrogen-bond acceptors (Lipinski definition) is 1. The Hall–Kier alpha value is -3.29. The minimum atomic E-state index is -1.56. The van der Waals surface area contributed by atoms with Gasteiger partial charge in [-0.2, -0.15) is 0 Å². The molecule has 0 aliphatic carbocycles. The van der Waals surface area contributed by atoms with Crippen LogP contribution in [0.2, 0.25) is 0 Å². The second kappa shape index (κ2) is 12.1. The molecule has 0 bridgehead atoms. The largest absolute Gasteiger partial charge is 0.206 e. The predicted octanol–water partition coefficient (Wildman–Crippen LogP) is 8.08. The van der Waals surface area contributed by atoms with Gasteiger partial charge in [-0.05, 0) is 67.5 Å². The molecule has 0 saturated carbocycles. The van der Waals surface area contributed by atoms with Crippen LogP contribution in [-0.2, 0) is 6.42 Å². The highest BCUT2D eigenvalue weighted by Crippen LogP contribution is 2.30. The first-order chi connectivity index (χ1) is 17.2. The van der Waals surface area contributed by atoms with Gasteiger partial charge in [0.15, 0.2) is 23.3 Å². The van der Waals surface area contributed by atoms with E-state index in [0.29, 0.717) is 40.4 Å². The van der Waals surface area contributed by atoms with Crippen LogP contribution < -0.4 is 0 Å². The molecular weight excluding hydrogens is 494 g/mol. The third kappa shape index (κ3) is 6.09. The van der Waals surface area contributed by atoms with E-state index in [1.807, 2.05) is 6.92 Å². The minimum Gasteiger partial charge on any atom is -0.206 e. The van der Waals surface area contributed by atoms with Crippen molar-refractivity contribution in [2.24, 2.45) is 0 Å². The maximum atomic E-state index is 14.4. The fourth-order valence-corrected chi connectivity index (χ4v) is 4.05. The number of unbranched alkanes of at least 4 members (excludes halogenated alkanes) is 2. The fraction of sp³-hybridized carbons (Fsp3) is 0.241. The summed E-state index contributed by atoms with van der Waals surface area (Å²) in [7, 11) is 0. The van der Waals surface area contributed by atoms with Crippen LogP contribution in [0.3, 0.4) is 0 Å². The lowest BCUT2D eigenvalue weighted by Crippen LogP contribution is -2.03. The Labute approximate surface area is 211 Å². The molecule has 3 rings (SSSR count). The van der Waals surface area contributed by atoms with Gasteiger partial charge in [0, 0.05) is 11.1 Å². The summed E-state index contributed by atoms with van der Waals surface area (Å²) in [5.74, 6) is 2.30. The molecule has 0 aromatic heterocycles. The van der Waals surface area contributed by atoms with Crippen molar-refractivity contribution >= 4 is 11.8 Å². The second-order valence-corrected chi connectivity index (χ2v) is 8.90. The normalized spacial score (nSPS) is 10.5. The zero-order valence-corrected chi connectivity index (χ0v) is 20.7. The maximum absolute atomic E-state index is 14.4. The maximum Gasteiger partial charge on any atom is 0.178 e. The number of rotatable bonds is 5. The van der Waals surface area contributed by atoms with Gasteiger partial charge in [0.1, 0.15) is 17.2 Å². The average molecular weight is 517 g/mol. The molecule has 7 heteroatoms. The molecule has 0 aliphatic heterocycles. The van der Waals surface area contributed by atoms with Gasteiger partial charge in [-0.15, -0.1) is 11.8 Å². The topological polar surface area (TPSA) is 0 Å². The Kier molecular flexibility index (Phi) is 9.18. The first kappa shape index (κ1) is 27.3. The van der Waals surface area contributed by atoms with E-state index >= 15 is 0 Å². The molecule has 186 valence electrons. The van der Waals surface area contributed by atoms with E-state index in [2.05, 4.69) is 23.7 Å². The van der Waals surface area contributed by atoms with E-state index in [4.69, 9.17) is 0 Å². The smallest absolute Gasteiger partial charge is 0.178 e. The molecule has 0 atom stereocenters. The molecule has 0 radical (unpaired) electrons. The lowest BCUT2D eigenvalue weighted by atomic mass is 10.0. The molecule has 0 heterocycles. The summed E-state index contributed by atoms with van der Waals surface area (Å²) in [5, 5.41) is 0. The van der Waals surface area contributed by atoms with Crippen molar-refractivity contribution in [3.05, 3.63) is 98.6 Å². The van der Waals surface area contributed by atoms with Crippen molar-refractivity contribution in [3.63, 3.8) is 0 Å². The molecule has 0 saturated heterocycles. The van der Waals surface area contributed by atoms with Gasteiger partial charge in [-0.3, -0.25) is 0 Å². The summed E-state index contributed by atoms with van der Waals surface area (Å²) in [5.41, 5.74) is 0.558. The Balaban J connectivity index is 1.87. The first-order valence-corrected chi connectivity index (χ1v) is 12.4. The summed E-state index contributed by atoms with van der Waals surface area (Å²) >= 11 is 0.549. The van der Waals surface area contributed by atoms with Crippen molar-refractivity contribution in [1.82, 2.24) is 0 Å². The summed E-state index contributed by atoms with van der Waals surface area (Å²) < 4.78 is 85.3. The van der Waals surface area contributed by atoms with Crippen LogP contribution in [0.15, 0.2) is 35.2 Å². The predicted molar refractivity (Wildman–Crippen MR) is 131 cm³/mol. The summed E-state index contributed by atoms with van der Waals surface area (Å²) in [6.45, 7) is 3.69. The zero-order chi connectivity index (χ0) is 26.4. The number of aryl methyl sites for hydroxylation is 2. The molecule has 3 aromatic carbocycles. The standard InChI is InChI=1S/C29H22F6S/c1-4-5-6-7-19-15-23(30)21(24(31)16-19)12-9-18-8-10-20(17(2)14-18)11-13-22-25(32)27(34)29(36-3)28(35)26(22)33/h8,10,14-16H,4-7H2,1-3H3. The summed E-state index contributed by atoms with van der Waals surface area (Å²) in [6.07, 6.45) is 4.72. The second-order valence-electron chi connectivity index (χ2n) is 8.09. The monoisotopic (exact) mass is 516 g/mol. The van der Waals surface area contributed by atoms with Crippen LogP contribution in [-0.4, -0.2) is 6.26 Å². The SMILES string of the molecule is CCCCCc1cc(F)c(C#Cc2ccc(C#Cc3c(F)c(F)c(SC)c(F)c3F)c(C)c2)c(F)c1. The summed E-state index contributed by atoms with van der Waals surface area (Å²) in [6, 6.07) is 7.18. The molecule has 36 heavy (non-hydrogen) atoms. The highest BCUT2D eigenvalue weighted by atomic mass is 32.2. The number of hydrogen-bond donors (Lipinski definition) is 0. The Morgan fingerprint density at radius 3 is 1.89 bits per heavy atom. The van der Waals surface area contributed by atoms with E-state index in [9.17, 15) is 26.3 Å². The third-order valence-corrected chi connectivity index (χ3v) is 6.25. The zero-order valence-electron chi connectivity index (χ0n) is 19.9. The van der Waals surface area contributed by atoms with E-state index in [-0.39, 0.29) is 5.56 Å². The van der Waals surface area contributed by atoms with Crippen LogP contribution in [0.1, 0.15) is 59.6 Å². The van der Waals surface area contributed by atoms with Crippen molar-refractivity contribution in [3.8, 4) is 23.7 Å². The van der Waals surface area contributed by atoms with Crippen molar-refractivity contribution < 1.29 is 26.3 Å². The number of thioether (sulfide) groups is 1. The molecule has 0 aliphatic rings. The van der Waals surface area contributed by atoms with E-state index < -0.39 is 45.4 Å². The highest BCUT2D eigenvalue weighted by molar-refractivity contribution is 7.98. The van der Waals surface area contributed by atoms with E-state index in [0.717, 1.165) is 19.3 Å². The Morgan fingerprint density at radius 1 is 0.722 bits per heavy atom. The quantitative estimate of drug-likeness (QED) is 0.109. The molecule has 0 unspecified atom stereocenters. The Morgan fingerprint density at radius 2 is 1.33 bits per heavy atom. The van der Waals surface area contributed by atoms with Gasteiger partial charge in [0.05, 0.1) is 10.5 Å². The van der Waals surface area contributed by atoms with Crippen LogP contribution in [0.4, 0.5) is 26.3 Å².